The van der Waals surface area contributed by atoms with Crippen molar-refractivity contribution < 1.29 is 9.15 Å². The lowest BCUT2D eigenvalue weighted by atomic mass is 10.6. The minimum absolute atomic E-state index is 0.648. The zero-order chi connectivity index (χ0) is 6.97. The van der Waals surface area contributed by atoms with Gasteiger partial charge in [0.15, 0.2) is 0 Å². The van der Waals surface area contributed by atoms with Crippen LogP contribution in [0.1, 0.15) is 0 Å². The second kappa shape index (κ2) is 1.98. The van der Waals surface area contributed by atoms with E-state index in [0.29, 0.717) is 10.9 Å². The largest absolute Gasteiger partial charge is 0.473 e. The molecule has 0 saturated carbocycles. The molecule has 0 bridgehead atoms. The summed E-state index contributed by atoms with van der Waals surface area (Å²) in [5, 5.41) is 0.648. The quantitative estimate of drug-likeness (QED) is 0.630. The summed E-state index contributed by atoms with van der Waals surface area (Å²) in [6.07, 6.45) is 1.62. The van der Waals surface area contributed by atoms with E-state index in [-0.39, 0.29) is 0 Å². The monoisotopic (exact) mass is 155 g/mol. The Bertz CT molecular complexity index is 309. The van der Waals surface area contributed by atoms with Gasteiger partial charge in [0, 0.05) is 0 Å². The highest BCUT2D eigenvalue weighted by Crippen LogP contribution is 2.27. The van der Waals surface area contributed by atoms with E-state index in [1.165, 1.54) is 11.3 Å². The molecule has 0 atom stereocenters. The molecule has 52 valence electrons. The molecule has 0 spiro atoms. The third-order valence-corrected chi connectivity index (χ3v) is 2.14. The van der Waals surface area contributed by atoms with Crippen LogP contribution in [0.2, 0.25) is 0 Å². The number of rotatable bonds is 1. The van der Waals surface area contributed by atoms with E-state index in [9.17, 15) is 0 Å². The Morgan fingerprint density at radius 1 is 1.70 bits per heavy atom. The van der Waals surface area contributed by atoms with Crippen LogP contribution in [0.4, 0.5) is 0 Å². The maximum atomic E-state index is 5.02. The molecule has 2 heterocycles. The van der Waals surface area contributed by atoms with Gasteiger partial charge >= 0.3 is 0 Å². The molecule has 0 aliphatic rings. The number of aromatic nitrogens is 1. The SMILES string of the molecule is COc1nc2occc2s1. The molecule has 10 heavy (non-hydrogen) atoms. The van der Waals surface area contributed by atoms with Crippen LogP contribution in [0, 0.1) is 0 Å². The Balaban J connectivity index is 2.67. The molecule has 0 aromatic carbocycles. The van der Waals surface area contributed by atoms with Gasteiger partial charge in [-0.1, -0.05) is 11.3 Å². The number of hydrogen-bond acceptors (Lipinski definition) is 4. The Morgan fingerprint density at radius 2 is 2.60 bits per heavy atom. The van der Waals surface area contributed by atoms with Crippen LogP contribution in [0.25, 0.3) is 10.4 Å². The van der Waals surface area contributed by atoms with E-state index in [1.54, 1.807) is 13.4 Å². The van der Waals surface area contributed by atoms with Crippen LogP contribution < -0.4 is 4.74 Å². The summed E-state index contributed by atoms with van der Waals surface area (Å²) in [6.45, 7) is 0. The molecular formula is C6H5NO2S. The predicted octanol–water partition coefficient (Wildman–Crippen LogP) is 1.90. The summed E-state index contributed by atoms with van der Waals surface area (Å²) >= 11 is 1.48. The Labute approximate surface area is 61.2 Å². The molecule has 4 heteroatoms. The van der Waals surface area contributed by atoms with Gasteiger partial charge in [-0.25, -0.2) is 0 Å². The van der Waals surface area contributed by atoms with Crippen molar-refractivity contribution in [2.75, 3.05) is 7.11 Å². The summed E-state index contributed by atoms with van der Waals surface area (Å²) in [5.41, 5.74) is 0.654. The Kier molecular flexibility index (Phi) is 1.14. The van der Waals surface area contributed by atoms with Gasteiger partial charge in [0.05, 0.1) is 18.1 Å². The van der Waals surface area contributed by atoms with E-state index in [2.05, 4.69) is 4.98 Å². The molecule has 3 nitrogen and oxygen atoms in total. The summed E-state index contributed by atoms with van der Waals surface area (Å²) < 4.78 is 10.9. The van der Waals surface area contributed by atoms with Crippen LogP contribution in [-0.2, 0) is 0 Å². The minimum atomic E-state index is 0.648. The molecule has 0 fully saturated rings. The summed E-state index contributed by atoms with van der Waals surface area (Å²) in [5.74, 6) is 0. The third-order valence-electron chi connectivity index (χ3n) is 1.17. The molecule has 0 aliphatic carbocycles. The van der Waals surface area contributed by atoms with Crippen LogP contribution >= 0.6 is 11.3 Å². The van der Waals surface area contributed by atoms with Crippen molar-refractivity contribution in [2.45, 2.75) is 0 Å². The van der Waals surface area contributed by atoms with E-state index < -0.39 is 0 Å². The van der Waals surface area contributed by atoms with Gasteiger partial charge in [-0.15, -0.1) is 0 Å². The summed E-state index contributed by atoms with van der Waals surface area (Å²) in [4.78, 5) is 4.02. The van der Waals surface area contributed by atoms with Gasteiger partial charge in [-0.3, -0.25) is 0 Å². The normalized spacial score (nSPS) is 10.5. The van der Waals surface area contributed by atoms with Crippen molar-refractivity contribution in [1.29, 1.82) is 0 Å². The van der Waals surface area contributed by atoms with Crippen molar-refractivity contribution in [3.05, 3.63) is 12.3 Å². The number of methoxy groups -OCH3 is 1. The van der Waals surface area contributed by atoms with Gasteiger partial charge in [0.1, 0.15) is 0 Å². The molecule has 2 aromatic heterocycles. The molecule has 0 radical (unpaired) electrons. The highest BCUT2D eigenvalue weighted by Gasteiger charge is 2.04. The van der Waals surface area contributed by atoms with E-state index in [1.807, 2.05) is 6.07 Å². The first kappa shape index (κ1) is 5.73. The van der Waals surface area contributed by atoms with Crippen molar-refractivity contribution in [2.24, 2.45) is 0 Å². The smallest absolute Gasteiger partial charge is 0.276 e. The van der Waals surface area contributed by atoms with Crippen LogP contribution in [0.15, 0.2) is 16.7 Å². The predicted molar refractivity (Wildman–Crippen MR) is 38.4 cm³/mol. The molecule has 2 rings (SSSR count). The van der Waals surface area contributed by atoms with Crippen LogP contribution in [0.5, 0.6) is 5.19 Å². The van der Waals surface area contributed by atoms with E-state index in [0.717, 1.165) is 4.70 Å². The van der Waals surface area contributed by atoms with Gasteiger partial charge in [-0.2, -0.15) is 4.98 Å². The zero-order valence-corrected chi connectivity index (χ0v) is 6.14. The number of nitrogens with zero attached hydrogens (tertiary/aromatic N) is 1. The fraction of sp³-hybridized carbons (Fsp3) is 0.167. The molecular weight excluding hydrogens is 150 g/mol. The second-order valence-electron chi connectivity index (χ2n) is 1.77. The first-order valence-electron chi connectivity index (χ1n) is 2.78. The van der Waals surface area contributed by atoms with Gasteiger partial charge < -0.3 is 9.15 Å². The summed E-state index contributed by atoms with van der Waals surface area (Å²) in [7, 11) is 1.59. The molecule has 2 aromatic rings. The second-order valence-corrected chi connectivity index (χ2v) is 2.77. The average Bonchev–Trinajstić information content (AvgIpc) is 2.42. The Morgan fingerprint density at radius 3 is 3.30 bits per heavy atom. The Hall–Kier alpha value is -1.03. The molecule has 0 saturated heterocycles. The molecule has 0 amide bonds. The summed E-state index contributed by atoms with van der Waals surface area (Å²) in [6, 6.07) is 1.87. The maximum Gasteiger partial charge on any atom is 0.276 e. The third kappa shape index (κ3) is 0.690. The highest BCUT2D eigenvalue weighted by atomic mass is 32.1. The lowest BCUT2D eigenvalue weighted by Crippen LogP contribution is -1.77. The van der Waals surface area contributed by atoms with E-state index in [4.69, 9.17) is 9.15 Å². The van der Waals surface area contributed by atoms with Crippen LogP contribution in [0.3, 0.4) is 0 Å². The zero-order valence-electron chi connectivity index (χ0n) is 5.33. The fourth-order valence-electron chi connectivity index (χ4n) is 0.736. The minimum Gasteiger partial charge on any atom is -0.473 e. The number of furan rings is 1. The highest BCUT2D eigenvalue weighted by molar-refractivity contribution is 7.20. The topological polar surface area (TPSA) is 35.3 Å². The van der Waals surface area contributed by atoms with Gasteiger partial charge in [-0.05, 0) is 6.07 Å². The molecule has 0 aliphatic heterocycles. The maximum absolute atomic E-state index is 5.02. The fourth-order valence-corrected chi connectivity index (χ4v) is 1.44. The first-order chi connectivity index (χ1) is 4.90. The average molecular weight is 155 g/mol. The number of ether oxygens (including phenoxy) is 1. The van der Waals surface area contributed by atoms with E-state index >= 15 is 0 Å². The first-order valence-corrected chi connectivity index (χ1v) is 3.60. The number of hydrogen-bond donors (Lipinski definition) is 0. The standard InChI is InChI=1S/C6H5NO2S/c1-8-6-7-5-4(10-6)2-3-9-5/h2-3H,1H3. The number of thiazole rings is 1. The van der Waals surface area contributed by atoms with Gasteiger partial charge in [0.25, 0.3) is 5.19 Å². The molecule has 0 unspecified atom stereocenters. The lowest BCUT2D eigenvalue weighted by molar-refractivity contribution is 0.410. The number of fused-ring (bicyclic) bond motifs is 1. The van der Waals surface area contributed by atoms with Crippen molar-refractivity contribution >= 4 is 21.8 Å². The van der Waals surface area contributed by atoms with Crippen LogP contribution in [-0.4, -0.2) is 12.1 Å². The lowest BCUT2D eigenvalue weighted by Gasteiger charge is -1.84. The van der Waals surface area contributed by atoms with Crippen molar-refractivity contribution in [3.63, 3.8) is 0 Å². The van der Waals surface area contributed by atoms with Gasteiger partial charge in [0.2, 0.25) is 5.71 Å². The van der Waals surface area contributed by atoms with Crippen molar-refractivity contribution in [1.82, 2.24) is 4.98 Å². The molecule has 0 N–H and O–H groups in total. The van der Waals surface area contributed by atoms with Crippen molar-refractivity contribution in [3.8, 4) is 5.19 Å².